The second-order valence-corrected chi connectivity index (χ2v) is 5.18. The summed E-state index contributed by atoms with van der Waals surface area (Å²) in [5.41, 5.74) is 2.06. The maximum absolute atomic E-state index is 5.86. The van der Waals surface area contributed by atoms with Gasteiger partial charge in [-0.15, -0.1) is 11.6 Å². The normalized spacial score (nSPS) is 11.4. The van der Waals surface area contributed by atoms with Gasteiger partial charge in [-0.25, -0.2) is 4.98 Å². The molecule has 98 valence electrons. The maximum Gasteiger partial charge on any atom is 0.146 e. The number of fused-ring (bicyclic) bond motifs is 1. The van der Waals surface area contributed by atoms with Gasteiger partial charge in [0.25, 0.3) is 0 Å². The van der Waals surface area contributed by atoms with E-state index in [1.165, 1.54) is 0 Å². The molecule has 0 atom stereocenters. The quantitative estimate of drug-likeness (QED) is 0.775. The highest BCUT2D eigenvalue weighted by atomic mass is 35.5. The molecule has 3 nitrogen and oxygen atoms in total. The largest absolute Gasteiger partial charge is 0.494 e. The van der Waals surface area contributed by atoms with Gasteiger partial charge in [0.2, 0.25) is 0 Å². The molecule has 0 amide bonds. The average molecular weight is 267 g/mol. The second-order valence-electron chi connectivity index (χ2n) is 4.80. The van der Waals surface area contributed by atoms with Crippen molar-refractivity contribution < 1.29 is 4.74 Å². The molecule has 0 saturated carbocycles. The molecule has 0 saturated heterocycles. The van der Waals surface area contributed by atoms with Gasteiger partial charge in [0.05, 0.1) is 12.6 Å². The second kappa shape index (κ2) is 5.61. The van der Waals surface area contributed by atoms with E-state index in [1.54, 1.807) is 7.11 Å². The number of alkyl halides is 1. The van der Waals surface area contributed by atoms with Crippen LogP contribution in [-0.4, -0.2) is 22.5 Å². The predicted octanol–water partition coefficient (Wildman–Crippen LogP) is 3.48. The Morgan fingerprint density at radius 3 is 2.78 bits per heavy atom. The van der Waals surface area contributed by atoms with Gasteiger partial charge in [0.1, 0.15) is 17.1 Å². The lowest BCUT2D eigenvalue weighted by Crippen LogP contribution is -2.09. The molecule has 4 heteroatoms. The minimum atomic E-state index is 0.572. The molecule has 0 aliphatic rings. The number of imidazole rings is 1. The summed E-state index contributed by atoms with van der Waals surface area (Å²) in [4.78, 5) is 4.68. The fraction of sp³-hybridized carbons (Fsp3) is 0.500. The molecule has 1 heterocycles. The minimum absolute atomic E-state index is 0.572. The molecule has 18 heavy (non-hydrogen) atoms. The minimum Gasteiger partial charge on any atom is -0.494 e. The number of hydrogen-bond donors (Lipinski definition) is 0. The first-order chi connectivity index (χ1) is 8.67. The Morgan fingerprint density at radius 1 is 1.39 bits per heavy atom. The number of aromatic nitrogens is 2. The van der Waals surface area contributed by atoms with Crippen molar-refractivity contribution in [3.8, 4) is 5.75 Å². The summed E-state index contributed by atoms with van der Waals surface area (Å²) in [5.74, 6) is 3.02. The number of hydrogen-bond acceptors (Lipinski definition) is 2. The van der Waals surface area contributed by atoms with Gasteiger partial charge in [0.15, 0.2) is 0 Å². The highest BCUT2D eigenvalue weighted by molar-refractivity contribution is 6.17. The van der Waals surface area contributed by atoms with Gasteiger partial charge in [-0.3, -0.25) is 0 Å². The van der Waals surface area contributed by atoms with E-state index in [2.05, 4.69) is 29.5 Å². The van der Waals surface area contributed by atoms with Crippen molar-refractivity contribution in [1.82, 2.24) is 9.55 Å². The van der Waals surface area contributed by atoms with Crippen LogP contribution in [0.5, 0.6) is 5.75 Å². The predicted molar refractivity (Wildman–Crippen MR) is 75.5 cm³/mol. The number of ether oxygens (including phenoxy) is 1. The third-order valence-corrected chi connectivity index (χ3v) is 3.10. The van der Waals surface area contributed by atoms with Gasteiger partial charge in [-0.05, 0) is 18.1 Å². The third-order valence-electron chi connectivity index (χ3n) is 2.91. The summed E-state index contributed by atoms with van der Waals surface area (Å²) in [6.45, 7) is 5.36. The number of methoxy groups -OCH3 is 1. The van der Waals surface area contributed by atoms with Crippen molar-refractivity contribution in [3.63, 3.8) is 0 Å². The lowest BCUT2D eigenvalue weighted by molar-refractivity contribution is 0.419. The van der Waals surface area contributed by atoms with Crippen LogP contribution in [0, 0.1) is 5.92 Å². The van der Waals surface area contributed by atoms with Crippen LogP contribution in [0.15, 0.2) is 18.2 Å². The molecule has 1 aromatic carbocycles. The molecule has 0 aliphatic heterocycles. The van der Waals surface area contributed by atoms with Crippen LogP contribution >= 0.6 is 11.6 Å². The van der Waals surface area contributed by atoms with Crippen molar-refractivity contribution in [2.24, 2.45) is 5.92 Å². The Kier molecular flexibility index (Phi) is 4.12. The van der Waals surface area contributed by atoms with Crippen LogP contribution in [0.2, 0.25) is 0 Å². The van der Waals surface area contributed by atoms with E-state index in [0.717, 1.165) is 35.6 Å². The molecule has 0 N–H and O–H groups in total. The average Bonchev–Trinajstić information content (AvgIpc) is 2.67. The number of nitrogens with zero attached hydrogens (tertiary/aromatic N) is 2. The fourth-order valence-electron chi connectivity index (χ4n) is 2.18. The van der Waals surface area contributed by atoms with Crippen molar-refractivity contribution in [2.75, 3.05) is 13.0 Å². The highest BCUT2D eigenvalue weighted by Gasteiger charge is 2.14. The zero-order valence-electron chi connectivity index (χ0n) is 11.1. The standard InChI is InChI=1S/C14H19ClN2O/c1-10(2)9-17-11-5-4-6-12(18-3)14(11)16-13(17)7-8-15/h4-6,10H,7-9H2,1-3H3. The van der Waals surface area contributed by atoms with Crippen molar-refractivity contribution in [3.05, 3.63) is 24.0 Å². The topological polar surface area (TPSA) is 27.1 Å². The maximum atomic E-state index is 5.86. The van der Waals surface area contributed by atoms with Crippen LogP contribution in [0.4, 0.5) is 0 Å². The lowest BCUT2D eigenvalue weighted by atomic mass is 10.2. The van der Waals surface area contributed by atoms with E-state index < -0.39 is 0 Å². The molecule has 2 rings (SSSR count). The highest BCUT2D eigenvalue weighted by Crippen LogP contribution is 2.26. The Balaban J connectivity index is 2.59. The summed E-state index contributed by atoms with van der Waals surface area (Å²) in [7, 11) is 1.68. The Bertz CT molecular complexity index is 534. The van der Waals surface area contributed by atoms with Gasteiger partial charge >= 0.3 is 0 Å². The molecule has 1 aromatic heterocycles. The molecule has 0 spiro atoms. The molecule has 0 bridgehead atoms. The summed E-state index contributed by atoms with van der Waals surface area (Å²) in [6.07, 6.45) is 0.784. The van der Waals surface area contributed by atoms with E-state index >= 15 is 0 Å². The summed E-state index contributed by atoms with van der Waals surface area (Å²) in [5, 5.41) is 0. The Labute approximate surface area is 113 Å². The number of rotatable bonds is 5. The monoisotopic (exact) mass is 266 g/mol. The third kappa shape index (κ3) is 2.46. The number of aryl methyl sites for hydroxylation is 1. The molecular weight excluding hydrogens is 248 g/mol. The first kappa shape index (κ1) is 13.2. The van der Waals surface area contributed by atoms with Crippen LogP contribution < -0.4 is 4.74 Å². The van der Waals surface area contributed by atoms with Gasteiger partial charge in [-0.1, -0.05) is 19.9 Å². The van der Waals surface area contributed by atoms with Crippen LogP contribution in [0.1, 0.15) is 19.7 Å². The van der Waals surface area contributed by atoms with Crippen molar-refractivity contribution >= 4 is 22.6 Å². The molecule has 0 unspecified atom stereocenters. The number of para-hydroxylation sites is 1. The van der Waals surface area contributed by atoms with E-state index in [1.807, 2.05) is 12.1 Å². The van der Waals surface area contributed by atoms with Gasteiger partial charge in [-0.2, -0.15) is 0 Å². The molecule has 2 aromatic rings. The van der Waals surface area contributed by atoms with Crippen molar-refractivity contribution in [1.29, 1.82) is 0 Å². The molecule has 0 fully saturated rings. The SMILES string of the molecule is COc1cccc2c1nc(CCCl)n2CC(C)C. The summed E-state index contributed by atoms with van der Waals surface area (Å²) >= 11 is 5.86. The molecule has 0 aliphatic carbocycles. The van der Waals surface area contributed by atoms with Crippen LogP contribution in [0.3, 0.4) is 0 Å². The van der Waals surface area contributed by atoms with E-state index in [9.17, 15) is 0 Å². The molecule has 0 radical (unpaired) electrons. The van der Waals surface area contributed by atoms with E-state index in [-0.39, 0.29) is 0 Å². The van der Waals surface area contributed by atoms with Crippen molar-refractivity contribution in [2.45, 2.75) is 26.8 Å². The Morgan fingerprint density at radius 2 is 2.17 bits per heavy atom. The zero-order chi connectivity index (χ0) is 13.1. The zero-order valence-corrected chi connectivity index (χ0v) is 11.9. The fourth-order valence-corrected chi connectivity index (χ4v) is 2.35. The first-order valence-electron chi connectivity index (χ1n) is 6.25. The van der Waals surface area contributed by atoms with Crippen LogP contribution in [0.25, 0.3) is 11.0 Å². The van der Waals surface area contributed by atoms with Gasteiger partial charge in [0, 0.05) is 18.8 Å². The van der Waals surface area contributed by atoms with E-state index in [4.69, 9.17) is 16.3 Å². The van der Waals surface area contributed by atoms with Crippen LogP contribution in [-0.2, 0) is 13.0 Å². The number of halogens is 1. The Hall–Kier alpha value is -1.22. The summed E-state index contributed by atoms with van der Waals surface area (Å²) in [6, 6.07) is 6.04. The lowest BCUT2D eigenvalue weighted by Gasteiger charge is -2.11. The number of benzene rings is 1. The van der Waals surface area contributed by atoms with Gasteiger partial charge < -0.3 is 9.30 Å². The van der Waals surface area contributed by atoms with E-state index in [0.29, 0.717) is 11.8 Å². The summed E-state index contributed by atoms with van der Waals surface area (Å²) < 4.78 is 7.62. The first-order valence-corrected chi connectivity index (χ1v) is 6.79. The smallest absolute Gasteiger partial charge is 0.146 e. The molecular formula is C14H19ClN2O.